The van der Waals surface area contributed by atoms with Crippen molar-refractivity contribution in [3.8, 4) is 11.3 Å². The number of hydrogen-bond acceptors (Lipinski definition) is 4. The van der Waals surface area contributed by atoms with E-state index in [1.54, 1.807) is 4.52 Å². The van der Waals surface area contributed by atoms with Gasteiger partial charge in [0.15, 0.2) is 0 Å². The first-order valence-electron chi connectivity index (χ1n) is 5.06. The van der Waals surface area contributed by atoms with Gasteiger partial charge >= 0.3 is 0 Å². The number of hydrogen-bond donors (Lipinski definition) is 0. The van der Waals surface area contributed by atoms with Crippen LogP contribution in [-0.2, 0) is 0 Å². The molecule has 0 aliphatic heterocycles. The van der Waals surface area contributed by atoms with Crippen LogP contribution in [0.3, 0.4) is 0 Å². The largest absolute Gasteiger partial charge is 0.274 e. The SMILES string of the molecule is Cc1cc(-c2ccc(Br)cc2)nc2nnnn12. The Labute approximate surface area is 106 Å². The first kappa shape index (κ1) is 10.3. The third-order valence-corrected chi connectivity index (χ3v) is 3.02. The Balaban J connectivity index is 2.20. The molecule has 3 rings (SSSR count). The van der Waals surface area contributed by atoms with Gasteiger partial charge in [0.05, 0.1) is 5.69 Å². The van der Waals surface area contributed by atoms with Crippen LogP contribution in [0.25, 0.3) is 17.0 Å². The minimum Gasteiger partial charge on any atom is -0.210 e. The summed E-state index contributed by atoms with van der Waals surface area (Å²) in [5.41, 5.74) is 2.87. The molecular weight excluding hydrogens is 282 g/mol. The van der Waals surface area contributed by atoms with Crippen molar-refractivity contribution in [3.05, 3.63) is 40.5 Å². The van der Waals surface area contributed by atoms with Crippen molar-refractivity contribution in [2.45, 2.75) is 6.92 Å². The molecule has 0 aliphatic carbocycles. The van der Waals surface area contributed by atoms with Crippen LogP contribution in [0.15, 0.2) is 34.8 Å². The van der Waals surface area contributed by atoms with Gasteiger partial charge in [0.2, 0.25) is 0 Å². The zero-order valence-corrected chi connectivity index (χ0v) is 10.6. The Kier molecular flexibility index (Phi) is 2.36. The lowest BCUT2D eigenvalue weighted by Crippen LogP contribution is -1.97. The number of aryl methyl sites for hydroxylation is 1. The summed E-state index contributed by atoms with van der Waals surface area (Å²) in [4.78, 5) is 4.41. The summed E-state index contributed by atoms with van der Waals surface area (Å²) < 4.78 is 2.66. The van der Waals surface area contributed by atoms with Crippen LogP contribution < -0.4 is 0 Å². The standard InChI is InChI=1S/C11H8BrN5/c1-7-6-10(8-2-4-9(12)5-3-8)13-11-14-15-16-17(7)11/h2-6H,1H3. The molecule has 5 nitrogen and oxygen atoms in total. The van der Waals surface area contributed by atoms with Crippen molar-refractivity contribution in [2.24, 2.45) is 0 Å². The quantitative estimate of drug-likeness (QED) is 0.690. The first-order chi connectivity index (χ1) is 8.24. The highest BCUT2D eigenvalue weighted by molar-refractivity contribution is 9.10. The Hall–Kier alpha value is -1.82. The van der Waals surface area contributed by atoms with Crippen LogP contribution in [0, 0.1) is 6.92 Å². The maximum atomic E-state index is 4.41. The second-order valence-corrected chi connectivity index (χ2v) is 4.60. The van der Waals surface area contributed by atoms with Gasteiger partial charge in [-0.05, 0) is 35.5 Å². The van der Waals surface area contributed by atoms with Crippen molar-refractivity contribution in [1.82, 2.24) is 25.0 Å². The summed E-state index contributed by atoms with van der Waals surface area (Å²) in [7, 11) is 0. The molecule has 0 aliphatic rings. The molecule has 3 aromatic rings. The van der Waals surface area contributed by atoms with Gasteiger partial charge in [-0.15, -0.1) is 0 Å². The van der Waals surface area contributed by atoms with Crippen LogP contribution in [0.4, 0.5) is 0 Å². The van der Waals surface area contributed by atoms with Gasteiger partial charge in [0, 0.05) is 15.7 Å². The van der Waals surface area contributed by atoms with Gasteiger partial charge in [-0.1, -0.05) is 33.2 Å². The van der Waals surface area contributed by atoms with Gasteiger partial charge in [-0.3, -0.25) is 0 Å². The number of fused-ring (bicyclic) bond motifs is 1. The molecule has 84 valence electrons. The Morgan fingerprint density at radius 3 is 2.71 bits per heavy atom. The van der Waals surface area contributed by atoms with Crippen LogP contribution in [-0.4, -0.2) is 25.0 Å². The number of nitrogens with zero attached hydrogens (tertiary/aromatic N) is 5. The van der Waals surface area contributed by atoms with E-state index >= 15 is 0 Å². The van der Waals surface area contributed by atoms with Crippen LogP contribution in [0.2, 0.25) is 0 Å². The van der Waals surface area contributed by atoms with E-state index in [1.165, 1.54) is 0 Å². The molecule has 0 saturated carbocycles. The maximum absolute atomic E-state index is 4.41. The van der Waals surface area contributed by atoms with E-state index < -0.39 is 0 Å². The lowest BCUT2D eigenvalue weighted by atomic mass is 10.1. The Bertz CT molecular complexity index is 674. The minimum absolute atomic E-state index is 0.517. The lowest BCUT2D eigenvalue weighted by Gasteiger charge is -2.03. The molecule has 0 radical (unpaired) electrons. The fourth-order valence-electron chi connectivity index (χ4n) is 1.65. The third kappa shape index (κ3) is 1.80. The van der Waals surface area contributed by atoms with Crippen LogP contribution in [0.5, 0.6) is 0 Å². The molecule has 0 bridgehead atoms. The number of rotatable bonds is 1. The highest BCUT2D eigenvalue weighted by Gasteiger charge is 2.06. The zero-order chi connectivity index (χ0) is 11.8. The molecule has 17 heavy (non-hydrogen) atoms. The Morgan fingerprint density at radius 2 is 1.94 bits per heavy atom. The molecule has 0 N–H and O–H groups in total. The van der Waals surface area contributed by atoms with E-state index in [9.17, 15) is 0 Å². The van der Waals surface area contributed by atoms with Gasteiger partial charge < -0.3 is 0 Å². The predicted octanol–water partition coefficient (Wildman–Crippen LogP) is 2.26. The first-order valence-corrected chi connectivity index (χ1v) is 5.85. The monoisotopic (exact) mass is 289 g/mol. The molecule has 0 atom stereocenters. The zero-order valence-electron chi connectivity index (χ0n) is 9.00. The molecule has 0 amide bonds. The molecule has 1 aromatic carbocycles. The summed E-state index contributed by atoms with van der Waals surface area (Å²) in [6, 6.07) is 9.95. The van der Waals surface area contributed by atoms with E-state index in [4.69, 9.17) is 0 Å². The van der Waals surface area contributed by atoms with Crippen molar-refractivity contribution in [3.63, 3.8) is 0 Å². The van der Waals surface area contributed by atoms with E-state index in [1.807, 2.05) is 37.3 Å². The fraction of sp³-hybridized carbons (Fsp3) is 0.0909. The topological polar surface area (TPSA) is 56.0 Å². The van der Waals surface area contributed by atoms with E-state index in [-0.39, 0.29) is 0 Å². The molecule has 2 aromatic heterocycles. The van der Waals surface area contributed by atoms with Crippen molar-refractivity contribution in [1.29, 1.82) is 0 Å². The molecule has 0 saturated heterocycles. The van der Waals surface area contributed by atoms with Crippen LogP contribution >= 0.6 is 15.9 Å². The average Bonchev–Trinajstić information content (AvgIpc) is 2.78. The molecular formula is C11H8BrN5. The number of tetrazole rings is 1. The molecule has 6 heteroatoms. The summed E-state index contributed by atoms with van der Waals surface area (Å²) in [5.74, 6) is 0.517. The van der Waals surface area contributed by atoms with Crippen LogP contribution in [0.1, 0.15) is 5.69 Å². The molecule has 0 fully saturated rings. The third-order valence-electron chi connectivity index (χ3n) is 2.49. The highest BCUT2D eigenvalue weighted by atomic mass is 79.9. The Morgan fingerprint density at radius 1 is 1.18 bits per heavy atom. The van der Waals surface area contributed by atoms with Crippen molar-refractivity contribution < 1.29 is 0 Å². The predicted molar refractivity (Wildman–Crippen MR) is 66.5 cm³/mol. The van der Waals surface area contributed by atoms with Gasteiger partial charge in [-0.25, -0.2) is 4.98 Å². The van der Waals surface area contributed by atoms with Crippen molar-refractivity contribution in [2.75, 3.05) is 0 Å². The fourth-order valence-corrected chi connectivity index (χ4v) is 1.91. The second kappa shape index (κ2) is 3.89. The number of aromatic nitrogens is 5. The summed E-state index contributed by atoms with van der Waals surface area (Å²) >= 11 is 3.41. The molecule has 2 heterocycles. The summed E-state index contributed by atoms with van der Waals surface area (Å²) in [6.07, 6.45) is 0. The van der Waals surface area contributed by atoms with Gasteiger partial charge in [0.1, 0.15) is 0 Å². The number of halogens is 1. The average molecular weight is 290 g/mol. The number of benzene rings is 1. The second-order valence-electron chi connectivity index (χ2n) is 3.68. The summed E-state index contributed by atoms with van der Waals surface area (Å²) in [6.45, 7) is 1.95. The molecule has 0 spiro atoms. The smallest absolute Gasteiger partial charge is 0.210 e. The summed E-state index contributed by atoms with van der Waals surface area (Å²) in [5, 5.41) is 11.3. The highest BCUT2D eigenvalue weighted by Crippen LogP contribution is 2.20. The normalized spacial score (nSPS) is 10.9. The van der Waals surface area contributed by atoms with Gasteiger partial charge in [0.25, 0.3) is 5.78 Å². The lowest BCUT2D eigenvalue weighted by molar-refractivity contribution is 0.800. The van der Waals surface area contributed by atoms with Gasteiger partial charge in [-0.2, -0.15) is 4.52 Å². The van der Waals surface area contributed by atoms with E-state index in [0.717, 1.165) is 21.4 Å². The van der Waals surface area contributed by atoms with E-state index in [0.29, 0.717) is 5.78 Å². The maximum Gasteiger partial charge on any atom is 0.274 e. The van der Waals surface area contributed by atoms with E-state index in [2.05, 4.69) is 36.4 Å². The molecule has 0 unspecified atom stereocenters. The minimum atomic E-state index is 0.517. The van der Waals surface area contributed by atoms with Crippen molar-refractivity contribution >= 4 is 21.7 Å².